The molecular weight excluding hydrogens is 333 g/mol. The third kappa shape index (κ3) is 3.33. The molecular formula is C13H11BrFNO2S. The van der Waals surface area contributed by atoms with Crippen LogP contribution in [0.2, 0.25) is 0 Å². The molecule has 2 aromatic carbocycles. The Morgan fingerprint density at radius 3 is 2.32 bits per heavy atom. The fourth-order valence-electron chi connectivity index (χ4n) is 1.48. The average molecular weight is 344 g/mol. The molecule has 6 heteroatoms. The van der Waals surface area contributed by atoms with E-state index in [1.54, 1.807) is 18.2 Å². The molecule has 0 amide bonds. The molecule has 0 aliphatic carbocycles. The number of hydrogen-bond donors (Lipinski definition) is 1. The van der Waals surface area contributed by atoms with Gasteiger partial charge in [0, 0.05) is 10.2 Å². The monoisotopic (exact) mass is 343 g/mol. The Kier molecular flexibility index (Phi) is 3.91. The van der Waals surface area contributed by atoms with Crippen molar-refractivity contribution in [2.24, 2.45) is 0 Å². The molecule has 19 heavy (non-hydrogen) atoms. The first-order chi connectivity index (χ1) is 8.88. The lowest BCUT2D eigenvalue weighted by Gasteiger charge is -2.09. The van der Waals surface area contributed by atoms with Crippen molar-refractivity contribution < 1.29 is 12.8 Å². The molecule has 0 radical (unpaired) electrons. The summed E-state index contributed by atoms with van der Waals surface area (Å²) in [5, 5.41) is 0. The van der Waals surface area contributed by atoms with Gasteiger partial charge in [0.05, 0.1) is 4.90 Å². The van der Waals surface area contributed by atoms with Gasteiger partial charge in [0.25, 0.3) is 10.0 Å². The zero-order chi connectivity index (χ0) is 14.0. The van der Waals surface area contributed by atoms with Crippen molar-refractivity contribution in [2.75, 3.05) is 4.72 Å². The first kappa shape index (κ1) is 14.0. The fourth-order valence-corrected chi connectivity index (χ4v) is 2.91. The standard InChI is InChI=1S/C13H11BrFNO2S/c1-9-2-5-11(8-13(9)14)16-19(17,18)12-6-3-10(15)4-7-12/h2-8,16H,1H3. The summed E-state index contributed by atoms with van der Waals surface area (Å²) in [6.07, 6.45) is 0. The van der Waals surface area contributed by atoms with Crippen LogP contribution in [0.1, 0.15) is 5.56 Å². The van der Waals surface area contributed by atoms with Crippen molar-refractivity contribution in [1.82, 2.24) is 0 Å². The highest BCUT2D eigenvalue weighted by atomic mass is 79.9. The highest BCUT2D eigenvalue weighted by Crippen LogP contribution is 2.23. The van der Waals surface area contributed by atoms with E-state index in [0.29, 0.717) is 5.69 Å². The highest BCUT2D eigenvalue weighted by molar-refractivity contribution is 9.10. The maximum atomic E-state index is 12.8. The van der Waals surface area contributed by atoms with Crippen molar-refractivity contribution in [2.45, 2.75) is 11.8 Å². The van der Waals surface area contributed by atoms with Gasteiger partial charge in [-0.1, -0.05) is 22.0 Å². The van der Waals surface area contributed by atoms with E-state index in [0.717, 1.165) is 22.2 Å². The van der Waals surface area contributed by atoms with E-state index < -0.39 is 15.8 Å². The lowest BCUT2D eigenvalue weighted by molar-refractivity contribution is 0.599. The topological polar surface area (TPSA) is 46.2 Å². The van der Waals surface area contributed by atoms with E-state index in [1.165, 1.54) is 12.1 Å². The fraction of sp³-hybridized carbons (Fsp3) is 0.0769. The molecule has 0 unspecified atom stereocenters. The van der Waals surface area contributed by atoms with E-state index >= 15 is 0 Å². The number of anilines is 1. The van der Waals surface area contributed by atoms with Gasteiger partial charge in [-0.2, -0.15) is 0 Å². The molecule has 0 spiro atoms. The molecule has 0 fully saturated rings. The van der Waals surface area contributed by atoms with Crippen LogP contribution in [0.5, 0.6) is 0 Å². The minimum atomic E-state index is -3.70. The Hall–Kier alpha value is -1.40. The first-order valence-corrected chi connectivity index (χ1v) is 7.71. The largest absolute Gasteiger partial charge is 0.280 e. The lowest BCUT2D eigenvalue weighted by Crippen LogP contribution is -2.12. The molecule has 0 aliphatic rings. The predicted octanol–water partition coefficient (Wildman–Crippen LogP) is 3.70. The quantitative estimate of drug-likeness (QED) is 0.923. The smallest absolute Gasteiger partial charge is 0.261 e. The molecule has 2 aromatic rings. The van der Waals surface area contributed by atoms with Crippen molar-refractivity contribution >= 4 is 31.6 Å². The van der Waals surface area contributed by atoms with Crippen molar-refractivity contribution in [3.05, 3.63) is 58.3 Å². The number of benzene rings is 2. The Balaban J connectivity index is 2.30. The summed E-state index contributed by atoms with van der Waals surface area (Å²) in [7, 11) is -3.70. The number of halogens is 2. The van der Waals surface area contributed by atoms with Crippen LogP contribution in [0.25, 0.3) is 0 Å². The third-order valence-corrected chi connectivity index (χ3v) is 4.80. The molecule has 100 valence electrons. The summed E-state index contributed by atoms with van der Waals surface area (Å²) >= 11 is 3.33. The molecule has 2 rings (SSSR count). The molecule has 1 N–H and O–H groups in total. The number of hydrogen-bond acceptors (Lipinski definition) is 2. The number of sulfonamides is 1. The molecule has 0 bridgehead atoms. The summed E-state index contributed by atoms with van der Waals surface area (Å²) < 4.78 is 40.2. The summed E-state index contributed by atoms with van der Waals surface area (Å²) in [4.78, 5) is 0.0191. The molecule has 0 atom stereocenters. The second kappa shape index (κ2) is 5.30. The maximum absolute atomic E-state index is 12.8. The van der Waals surface area contributed by atoms with Crippen LogP contribution < -0.4 is 4.72 Å². The maximum Gasteiger partial charge on any atom is 0.261 e. The van der Waals surface area contributed by atoms with Gasteiger partial charge in [0.2, 0.25) is 0 Å². The zero-order valence-corrected chi connectivity index (χ0v) is 12.4. The Labute approximate surface area is 119 Å². The molecule has 0 heterocycles. The Morgan fingerprint density at radius 1 is 1.11 bits per heavy atom. The van der Waals surface area contributed by atoms with E-state index in [4.69, 9.17) is 0 Å². The van der Waals surface area contributed by atoms with Gasteiger partial charge in [-0.15, -0.1) is 0 Å². The molecule has 0 aromatic heterocycles. The van der Waals surface area contributed by atoms with Crippen molar-refractivity contribution in [1.29, 1.82) is 0 Å². The summed E-state index contributed by atoms with van der Waals surface area (Å²) in [5.41, 5.74) is 1.45. The zero-order valence-electron chi connectivity index (χ0n) is 10.0. The summed E-state index contributed by atoms with van der Waals surface area (Å²) in [6.45, 7) is 1.91. The third-order valence-electron chi connectivity index (χ3n) is 2.55. The van der Waals surface area contributed by atoms with E-state index in [2.05, 4.69) is 20.7 Å². The second-order valence-corrected chi connectivity index (χ2v) is 6.56. The van der Waals surface area contributed by atoms with Gasteiger partial charge in [0.1, 0.15) is 5.82 Å². The van der Waals surface area contributed by atoms with Gasteiger partial charge in [-0.05, 0) is 48.9 Å². The van der Waals surface area contributed by atoms with Crippen LogP contribution in [0, 0.1) is 12.7 Å². The summed E-state index contributed by atoms with van der Waals surface area (Å²) in [6, 6.07) is 9.81. The van der Waals surface area contributed by atoms with E-state index in [-0.39, 0.29) is 4.90 Å². The molecule has 3 nitrogen and oxygen atoms in total. The molecule has 0 saturated heterocycles. The van der Waals surface area contributed by atoms with Gasteiger partial charge in [0.15, 0.2) is 0 Å². The number of aryl methyl sites for hydroxylation is 1. The minimum Gasteiger partial charge on any atom is -0.280 e. The van der Waals surface area contributed by atoms with Crippen LogP contribution in [0.4, 0.5) is 10.1 Å². The van der Waals surface area contributed by atoms with Crippen LogP contribution >= 0.6 is 15.9 Å². The number of rotatable bonds is 3. The first-order valence-electron chi connectivity index (χ1n) is 5.43. The average Bonchev–Trinajstić information content (AvgIpc) is 2.34. The normalized spacial score (nSPS) is 11.3. The van der Waals surface area contributed by atoms with Gasteiger partial charge >= 0.3 is 0 Å². The Bertz CT molecular complexity index is 699. The highest BCUT2D eigenvalue weighted by Gasteiger charge is 2.14. The van der Waals surface area contributed by atoms with Crippen LogP contribution in [-0.2, 0) is 10.0 Å². The van der Waals surface area contributed by atoms with E-state index in [9.17, 15) is 12.8 Å². The van der Waals surface area contributed by atoms with Crippen molar-refractivity contribution in [3.8, 4) is 0 Å². The molecule has 0 aliphatic heterocycles. The van der Waals surface area contributed by atoms with Crippen LogP contribution in [0.3, 0.4) is 0 Å². The second-order valence-electron chi connectivity index (χ2n) is 4.02. The minimum absolute atomic E-state index is 0.0191. The number of nitrogens with one attached hydrogen (secondary N) is 1. The predicted molar refractivity (Wildman–Crippen MR) is 76.1 cm³/mol. The van der Waals surface area contributed by atoms with Crippen LogP contribution in [-0.4, -0.2) is 8.42 Å². The van der Waals surface area contributed by atoms with E-state index in [1.807, 2.05) is 6.92 Å². The Morgan fingerprint density at radius 2 is 1.74 bits per heavy atom. The van der Waals surface area contributed by atoms with Crippen molar-refractivity contribution in [3.63, 3.8) is 0 Å². The summed E-state index contributed by atoms with van der Waals surface area (Å²) in [5.74, 6) is -0.475. The molecule has 0 saturated carbocycles. The lowest BCUT2D eigenvalue weighted by atomic mass is 10.2. The van der Waals surface area contributed by atoms with Gasteiger partial charge in [-0.25, -0.2) is 12.8 Å². The van der Waals surface area contributed by atoms with Crippen LogP contribution in [0.15, 0.2) is 51.8 Å². The van der Waals surface area contributed by atoms with Gasteiger partial charge < -0.3 is 0 Å². The SMILES string of the molecule is Cc1ccc(NS(=O)(=O)c2ccc(F)cc2)cc1Br. The van der Waals surface area contributed by atoms with Gasteiger partial charge in [-0.3, -0.25) is 4.72 Å².